The molecule has 4 aromatic rings. The standard InChI is InChI=1S/C20H15ClFN3OS/c1-12-8-14(21)4-7-17(12)23-19(26)9-16-11-27-20-24-18(10-25(16)20)13-2-5-15(22)6-3-13/h2-8,10-11H,9H2,1H3,(H,23,26). The van der Waals surface area contributed by atoms with Crippen molar-refractivity contribution in [2.75, 3.05) is 5.32 Å². The third kappa shape index (κ3) is 3.72. The van der Waals surface area contributed by atoms with E-state index in [1.54, 1.807) is 24.3 Å². The number of hydrogen-bond acceptors (Lipinski definition) is 3. The molecule has 2 aromatic carbocycles. The fourth-order valence-corrected chi connectivity index (χ4v) is 3.94. The monoisotopic (exact) mass is 399 g/mol. The van der Waals surface area contributed by atoms with Gasteiger partial charge in [0.1, 0.15) is 5.82 Å². The topological polar surface area (TPSA) is 46.4 Å². The van der Waals surface area contributed by atoms with Crippen molar-refractivity contribution in [3.8, 4) is 11.3 Å². The smallest absolute Gasteiger partial charge is 0.230 e. The molecule has 0 bridgehead atoms. The van der Waals surface area contributed by atoms with Crippen LogP contribution in [-0.2, 0) is 11.2 Å². The number of carbonyl (C=O) groups is 1. The molecule has 0 aliphatic heterocycles. The summed E-state index contributed by atoms with van der Waals surface area (Å²) in [5, 5.41) is 5.47. The van der Waals surface area contributed by atoms with Crippen LogP contribution in [0.15, 0.2) is 54.0 Å². The van der Waals surface area contributed by atoms with Crippen molar-refractivity contribution in [2.45, 2.75) is 13.3 Å². The molecule has 0 saturated heterocycles. The lowest BCUT2D eigenvalue weighted by Crippen LogP contribution is -2.16. The number of thiazole rings is 1. The number of anilines is 1. The van der Waals surface area contributed by atoms with Crippen molar-refractivity contribution < 1.29 is 9.18 Å². The average molecular weight is 400 g/mol. The van der Waals surface area contributed by atoms with E-state index in [0.717, 1.165) is 33.2 Å². The lowest BCUT2D eigenvalue weighted by atomic mass is 10.2. The van der Waals surface area contributed by atoms with E-state index in [1.165, 1.54) is 23.5 Å². The van der Waals surface area contributed by atoms with E-state index < -0.39 is 0 Å². The normalized spacial score (nSPS) is 11.1. The number of aryl methyl sites for hydroxylation is 1. The van der Waals surface area contributed by atoms with Crippen LogP contribution in [0.25, 0.3) is 16.2 Å². The highest BCUT2D eigenvalue weighted by Gasteiger charge is 2.13. The second-order valence-electron chi connectivity index (χ2n) is 6.20. The quantitative estimate of drug-likeness (QED) is 0.503. The van der Waals surface area contributed by atoms with Crippen LogP contribution in [0.5, 0.6) is 0 Å². The molecule has 0 fully saturated rings. The molecular formula is C20H15ClFN3OS. The van der Waals surface area contributed by atoms with E-state index in [0.29, 0.717) is 5.02 Å². The van der Waals surface area contributed by atoms with Gasteiger partial charge < -0.3 is 5.32 Å². The van der Waals surface area contributed by atoms with Crippen molar-refractivity contribution in [1.82, 2.24) is 9.38 Å². The summed E-state index contributed by atoms with van der Waals surface area (Å²) >= 11 is 7.42. The first kappa shape index (κ1) is 17.7. The van der Waals surface area contributed by atoms with Gasteiger partial charge in [0.05, 0.1) is 12.1 Å². The third-order valence-electron chi connectivity index (χ3n) is 4.23. The second kappa shape index (κ2) is 7.13. The Morgan fingerprint density at radius 1 is 1.26 bits per heavy atom. The Bertz CT molecular complexity index is 1130. The maximum absolute atomic E-state index is 13.1. The molecule has 0 saturated carbocycles. The number of halogens is 2. The molecule has 0 spiro atoms. The largest absolute Gasteiger partial charge is 0.326 e. The third-order valence-corrected chi connectivity index (χ3v) is 5.35. The average Bonchev–Trinajstić information content (AvgIpc) is 3.20. The maximum atomic E-state index is 13.1. The first-order chi connectivity index (χ1) is 13.0. The minimum Gasteiger partial charge on any atom is -0.326 e. The van der Waals surface area contributed by atoms with Crippen LogP contribution in [0.2, 0.25) is 5.02 Å². The number of fused-ring (bicyclic) bond motifs is 1. The van der Waals surface area contributed by atoms with E-state index in [2.05, 4.69) is 10.3 Å². The van der Waals surface area contributed by atoms with E-state index >= 15 is 0 Å². The predicted molar refractivity (Wildman–Crippen MR) is 107 cm³/mol. The van der Waals surface area contributed by atoms with Gasteiger partial charge in [0.2, 0.25) is 5.91 Å². The number of hydrogen-bond donors (Lipinski definition) is 1. The zero-order valence-corrected chi connectivity index (χ0v) is 15.9. The Hall–Kier alpha value is -2.70. The number of nitrogens with zero attached hydrogens (tertiary/aromatic N) is 2. The zero-order valence-electron chi connectivity index (χ0n) is 14.4. The van der Waals surface area contributed by atoms with Crippen molar-refractivity contribution in [1.29, 1.82) is 0 Å². The van der Waals surface area contributed by atoms with Gasteiger partial charge >= 0.3 is 0 Å². The summed E-state index contributed by atoms with van der Waals surface area (Å²) in [5.74, 6) is -0.397. The van der Waals surface area contributed by atoms with Gasteiger partial charge in [0.15, 0.2) is 4.96 Å². The van der Waals surface area contributed by atoms with Crippen molar-refractivity contribution in [2.24, 2.45) is 0 Å². The summed E-state index contributed by atoms with van der Waals surface area (Å²) in [4.78, 5) is 17.8. The first-order valence-electron chi connectivity index (χ1n) is 8.27. The van der Waals surface area contributed by atoms with Crippen molar-refractivity contribution in [3.05, 3.63) is 76.1 Å². The van der Waals surface area contributed by atoms with Crippen LogP contribution in [0.1, 0.15) is 11.3 Å². The molecule has 0 atom stereocenters. The molecule has 1 N–H and O–H groups in total. The molecule has 0 radical (unpaired) electrons. The fraction of sp³-hybridized carbons (Fsp3) is 0.100. The molecule has 4 rings (SSSR count). The molecule has 2 heterocycles. The van der Waals surface area contributed by atoms with Crippen LogP contribution in [0.3, 0.4) is 0 Å². The highest BCUT2D eigenvalue weighted by Crippen LogP contribution is 2.25. The van der Waals surface area contributed by atoms with Gasteiger partial charge in [-0.3, -0.25) is 9.20 Å². The molecule has 7 heteroatoms. The molecule has 2 aromatic heterocycles. The number of amides is 1. The summed E-state index contributed by atoms with van der Waals surface area (Å²) in [6.07, 6.45) is 2.09. The Balaban J connectivity index is 1.55. The number of nitrogens with one attached hydrogen (secondary N) is 1. The highest BCUT2D eigenvalue weighted by molar-refractivity contribution is 7.15. The van der Waals surface area contributed by atoms with E-state index in [1.807, 2.05) is 29.0 Å². The Kier molecular flexibility index (Phi) is 4.68. The summed E-state index contributed by atoms with van der Waals surface area (Å²) in [6, 6.07) is 11.6. The maximum Gasteiger partial charge on any atom is 0.230 e. The van der Waals surface area contributed by atoms with Crippen LogP contribution in [0.4, 0.5) is 10.1 Å². The zero-order chi connectivity index (χ0) is 19.0. The molecule has 0 aliphatic rings. The lowest BCUT2D eigenvalue weighted by molar-refractivity contribution is -0.115. The predicted octanol–water partition coefficient (Wildman–Crippen LogP) is 5.34. The van der Waals surface area contributed by atoms with Gasteiger partial charge in [-0.2, -0.15) is 0 Å². The Morgan fingerprint density at radius 2 is 2.04 bits per heavy atom. The van der Waals surface area contributed by atoms with Crippen molar-refractivity contribution in [3.63, 3.8) is 0 Å². The van der Waals surface area contributed by atoms with Gasteiger partial charge in [-0.1, -0.05) is 11.6 Å². The molecule has 4 nitrogen and oxygen atoms in total. The molecule has 0 unspecified atom stereocenters. The van der Waals surface area contributed by atoms with Gasteiger partial charge in [0, 0.05) is 33.5 Å². The Labute approximate surface area is 164 Å². The summed E-state index contributed by atoms with van der Waals surface area (Å²) in [7, 11) is 0. The SMILES string of the molecule is Cc1cc(Cl)ccc1NC(=O)Cc1csc2nc(-c3ccc(F)cc3)cn12. The number of rotatable bonds is 4. The van der Waals surface area contributed by atoms with Crippen LogP contribution >= 0.6 is 22.9 Å². The number of carbonyl (C=O) groups excluding carboxylic acids is 1. The molecule has 27 heavy (non-hydrogen) atoms. The summed E-state index contributed by atoms with van der Waals surface area (Å²) in [5.41, 5.74) is 4.08. The molecule has 1 amide bonds. The van der Waals surface area contributed by atoms with Crippen LogP contribution in [0, 0.1) is 12.7 Å². The minimum atomic E-state index is -0.283. The lowest BCUT2D eigenvalue weighted by Gasteiger charge is -2.08. The van der Waals surface area contributed by atoms with Crippen LogP contribution in [-0.4, -0.2) is 15.3 Å². The van der Waals surface area contributed by atoms with E-state index in [9.17, 15) is 9.18 Å². The molecule has 0 aliphatic carbocycles. The molecule has 136 valence electrons. The Morgan fingerprint density at radius 3 is 2.78 bits per heavy atom. The number of imidazole rings is 1. The van der Waals surface area contributed by atoms with Gasteiger partial charge in [-0.25, -0.2) is 9.37 Å². The number of aromatic nitrogens is 2. The minimum absolute atomic E-state index is 0.114. The second-order valence-corrected chi connectivity index (χ2v) is 7.47. The van der Waals surface area contributed by atoms with Crippen LogP contribution < -0.4 is 5.32 Å². The number of benzene rings is 2. The van der Waals surface area contributed by atoms with Gasteiger partial charge in [0.25, 0.3) is 0 Å². The fourth-order valence-electron chi connectivity index (χ4n) is 2.84. The van der Waals surface area contributed by atoms with E-state index in [-0.39, 0.29) is 18.1 Å². The van der Waals surface area contributed by atoms with Crippen molar-refractivity contribution >= 4 is 39.5 Å². The van der Waals surface area contributed by atoms with Gasteiger partial charge in [-0.05, 0) is 55.0 Å². The summed E-state index contributed by atoms with van der Waals surface area (Å²) < 4.78 is 15.0. The highest BCUT2D eigenvalue weighted by atomic mass is 35.5. The first-order valence-corrected chi connectivity index (χ1v) is 9.53. The van der Waals surface area contributed by atoms with E-state index in [4.69, 9.17) is 11.6 Å². The molecular weight excluding hydrogens is 385 g/mol. The van der Waals surface area contributed by atoms with Gasteiger partial charge in [-0.15, -0.1) is 11.3 Å². The summed E-state index contributed by atoms with van der Waals surface area (Å²) in [6.45, 7) is 1.90.